The first-order valence-electron chi connectivity index (χ1n) is 6.41. The Morgan fingerprint density at radius 1 is 1.52 bits per heavy atom. The van der Waals surface area contributed by atoms with Crippen LogP contribution < -0.4 is 10.5 Å². The highest BCUT2D eigenvalue weighted by Crippen LogP contribution is 2.31. The number of nitrogens with zero attached hydrogens (tertiary/aromatic N) is 1. The molecule has 0 spiro atoms. The van der Waals surface area contributed by atoms with Gasteiger partial charge < -0.3 is 5.73 Å². The van der Waals surface area contributed by atoms with Crippen molar-refractivity contribution in [2.24, 2.45) is 5.73 Å². The van der Waals surface area contributed by atoms with E-state index in [0.29, 0.717) is 23.3 Å². The number of aryl methyl sites for hydroxylation is 2. The monoisotopic (exact) mass is 392 g/mol. The molecule has 2 heterocycles. The highest BCUT2D eigenvalue weighted by molar-refractivity contribution is 9.11. The minimum absolute atomic E-state index is 0.257. The predicted octanol–water partition coefficient (Wildman–Crippen LogP) is 1.91. The second-order valence-corrected chi connectivity index (χ2v) is 8.77. The van der Waals surface area contributed by atoms with Crippen LogP contribution in [0.3, 0.4) is 0 Å². The second kappa shape index (κ2) is 7.01. The summed E-state index contributed by atoms with van der Waals surface area (Å²) in [5.41, 5.74) is 7.66. The van der Waals surface area contributed by atoms with Gasteiger partial charge in [-0.3, -0.25) is 5.10 Å². The standard InChI is InChI=1S/C12H17BrN4O2S2/c1-8-9(7-15-17-8)3-2-4-16-21(18,19)11-5-10(6-14)20-12(11)13/h5,7,16H,2-4,6,14H2,1H3,(H,15,17). The van der Waals surface area contributed by atoms with E-state index in [1.165, 1.54) is 11.3 Å². The summed E-state index contributed by atoms with van der Waals surface area (Å²) < 4.78 is 27.6. The molecule has 0 saturated heterocycles. The van der Waals surface area contributed by atoms with Gasteiger partial charge in [-0.25, -0.2) is 13.1 Å². The van der Waals surface area contributed by atoms with Crippen molar-refractivity contribution in [1.82, 2.24) is 14.9 Å². The van der Waals surface area contributed by atoms with E-state index >= 15 is 0 Å². The van der Waals surface area contributed by atoms with E-state index in [4.69, 9.17) is 5.73 Å². The molecule has 0 aliphatic carbocycles. The van der Waals surface area contributed by atoms with E-state index in [1.54, 1.807) is 12.3 Å². The SMILES string of the molecule is Cc1[nH]ncc1CCCNS(=O)(=O)c1cc(CN)sc1Br. The summed E-state index contributed by atoms with van der Waals surface area (Å²) in [6, 6.07) is 1.61. The van der Waals surface area contributed by atoms with Gasteiger partial charge in [0.2, 0.25) is 10.0 Å². The van der Waals surface area contributed by atoms with Gasteiger partial charge in [0, 0.05) is 23.7 Å². The van der Waals surface area contributed by atoms with Crippen molar-refractivity contribution in [2.75, 3.05) is 6.54 Å². The molecule has 0 aromatic carbocycles. The summed E-state index contributed by atoms with van der Waals surface area (Å²) in [5, 5.41) is 6.80. The summed E-state index contributed by atoms with van der Waals surface area (Å²) in [6.45, 7) is 2.66. The lowest BCUT2D eigenvalue weighted by atomic mass is 10.1. The fourth-order valence-corrected chi connectivity index (χ4v) is 5.51. The van der Waals surface area contributed by atoms with E-state index in [-0.39, 0.29) is 4.90 Å². The molecule has 2 rings (SSSR count). The number of H-pyrrole nitrogens is 1. The summed E-state index contributed by atoms with van der Waals surface area (Å²) >= 11 is 4.62. The summed E-state index contributed by atoms with van der Waals surface area (Å²) in [7, 11) is -3.50. The van der Waals surface area contributed by atoms with Gasteiger partial charge >= 0.3 is 0 Å². The van der Waals surface area contributed by atoms with Crippen LogP contribution in [0.1, 0.15) is 22.6 Å². The van der Waals surface area contributed by atoms with E-state index < -0.39 is 10.0 Å². The lowest BCUT2D eigenvalue weighted by Crippen LogP contribution is -2.25. The third kappa shape index (κ3) is 4.13. The molecule has 9 heteroatoms. The average Bonchev–Trinajstić information content (AvgIpc) is 3.01. The first-order valence-corrected chi connectivity index (χ1v) is 9.50. The lowest BCUT2D eigenvalue weighted by Gasteiger charge is -2.05. The molecule has 0 radical (unpaired) electrons. The van der Waals surface area contributed by atoms with Crippen molar-refractivity contribution < 1.29 is 8.42 Å². The zero-order chi connectivity index (χ0) is 15.5. The fourth-order valence-electron chi connectivity index (χ4n) is 1.87. The molecular weight excluding hydrogens is 376 g/mol. The smallest absolute Gasteiger partial charge is 0.242 e. The van der Waals surface area contributed by atoms with Gasteiger partial charge in [0.15, 0.2) is 0 Å². The highest BCUT2D eigenvalue weighted by atomic mass is 79.9. The first kappa shape index (κ1) is 16.6. The average molecular weight is 393 g/mol. The molecule has 2 aromatic rings. The van der Waals surface area contributed by atoms with Gasteiger partial charge in [0.25, 0.3) is 0 Å². The second-order valence-electron chi connectivity index (χ2n) is 4.58. The molecule has 116 valence electrons. The first-order chi connectivity index (χ1) is 9.94. The maximum Gasteiger partial charge on any atom is 0.242 e. The van der Waals surface area contributed by atoms with Gasteiger partial charge in [-0.05, 0) is 47.3 Å². The van der Waals surface area contributed by atoms with Crippen molar-refractivity contribution in [2.45, 2.75) is 31.2 Å². The van der Waals surface area contributed by atoms with Gasteiger partial charge in [0.1, 0.15) is 4.90 Å². The number of hydrogen-bond donors (Lipinski definition) is 3. The molecule has 4 N–H and O–H groups in total. The lowest BCUT2D eigenvalue weighted by molar-refractivity contribution is 0.579. The molecule has 0 aliphatic rings. The van der Waals surface area contributed by atoms with Crippen molar-refractivity contribution in [3.63, 3.8) is 0 Å². The topological polar surface area (TPSA) is 101 Å². The van der Waals surface area contributed by atoms with Gasteiger partial charge in [0.05, 0.1) is 9.98 Å². The van der Waals surface area contributed by atoms with E-state index in [1.807, 2.05) is 6.92 Å². The number of rotatable bonds is 7. The van der Waals surface area contributed by atoms with Crippen molar-refractivity contribution in [3.05, 3.63) is 32.2 Å². The Balaban J connectivity index is 1.92. The summed E-state index contributed by atoms with van der Waals surface area (Å²) in [4.78, 5) is 1.09. The summed E-state index contributed by atoms with van der Waals surface area (Å²) in [6.07, 6.45) is 3.27. The molecule has 0 atom stereocenters. The third-order valence-corrected chi connectivity index (χ3v) is 6.78. The zero-order valence-corrected chi connectivity index (χ0v) is 14.7. The maximum absolute atomic E-state index is 12.2. The van der Waals surface area contributed by atoms with Crippen LogP contribution in [0.15, 0.2) is 20.9 Å². The number of nitrogens with one attached hydrogen (secondary N) is 2. The minimum Gasteiger partial charge on any atom is -0.326 e. The van der Waals surface area contributed by atoms with Gasteiger partial charge in [-0.2, -0.15) is 5.10 Å². The van der Waals surface area contributed by atoms with Crippen LogP contribution in [0.4, 0.5) is 0 Å². The molecule has 6 nitrogen and oxygen atoms in total. The zero-order valence-electron chi connectivity index (χ0n) is 11.5. The Morgan fingerprint density at radius 3 is 2.86 bits per heavy atom. The van der Waals surface area contributed by atoms with Crippen LogP contribution in [-0.2, 0) is 23.0 Å². The van der Waals surface area contributed by atoms with E-state index in [0.717, 1.165) is 22.6 Å². The molecular formula is C12H17BrN4O2S2. The van der Waals surface area contributed by atoms with Crippen LogP contribution in [0.2, 0.25) is 0 Å². The molecule has 0 aliphatic heterocycles. The Kier molecular flexibility index (Phi) is 5.55. The number of aromatic amines is 1. The number of aromatic nitrogens is 2. The van der Waals surface area contributed by atoms with Crippen molar-refractivity contribution in [3.8, 4) is 0 Å². The van der Waals surface area contributed by atoms with Crippen LogP contribution in [0.25, 0.3) is 0 Å². The minimum atomic E-state index is -3.50. The number of hydrogen-bond acceptors (Lipinski definition) is 5. The molecule has 0 fully saturated rings. The van der Waals surface area contributed by atoms with Gasteiger partial charge in [-0.1, -0.05) is 0 Å². The summed E-state index contributed by atoms with van der Waals surface area (Å²) in [5.74, 6) is 0. The predicted molar refractivity (Wildman–Crippen MR) is 86.7 cm³/mol. The third-order valence-electron chi connectivity index (χ3n) is 3.05. The number of halogens is 1. The molecule has 0 unspecified atom stereocenters. The Hall–Kier alpha value is -0.740. The molecule has 21 heavy (non-hydrogen) atoms. The van der Waals surface area contributed by atoms with Crippen LogP contribution in [0, 0.1) is 6.92 Å². The quantitative estimate of drug-likeness (QED) is 0.626. The Morgan fingerprint density at radius 2 is 2.29 bits per heavy atom. The maximum atomic E-state index is 12.2. The Bertz CT molecular complexity index is 709. The van der Waals surface area contributed by atoms with Crippen molar-refractivity contribution >= 4 is 37.3 Å². The number of sulfonamides is 1. The van der Waals surface area contributed by atoms with Gasteiger partial charge in [-0.15, -0.1) is 11.3 Å². The number of nitrogens with two attached hydrogens (primary N) is 1. The molecule has 0 amide bonds. The van der Waals surface area contributed by atoms with Crippen LogP contribution in [-0.4, -0.2) is 25.2 Å². The largest absolute Gasteiger partial charge is 0.326 e. The fraction of sp³-hybridized carbons (Fsp3) is 0.417. The Labute approximate surface area is 136 Å². The van der Waals surface area contributed by atoms with E-state index in [9.17, 15) is 8.42 Å². The van der Waals surface area contributed by atoms with E-state index in [2.05, 4.69) is 30.8 Å². The highest BCUT2D eigenvalue weighted by Gasteiger charge is 2.20. The number of thiophene rings is 1. The van der Waals surface area contributed by atoms with Crippen LogP contribution in [0.5, 0.6) is 0 Å². The normalized spacial score (nSPS) is 12.0. The molecule has 0 bridgehead atoms. The van der Waals surface area contributed by atoms with Crippen LogP contribution >= 0.6 is 27.3 Å². The molecule has 0 saturated carbocycles. The molecule has 2 aromatic heterocycles. The van der Waals surface area contributed by atoms with Crippen molar-refractivity contribution in [1.29, 1.82) is 0 Å².